The number of hydrogen-bond donors (Lipinski definition) is 0. The third-order valence-corrected chi connectivity index (χ3v) is 3.31. The van der Waals surface area contributed by atoms with Gasteiger partial charge in [-0.2, -0.15) is 0 Å². The molecule has 0 saturated carbocycles. The normalized spacial score (nSPS) is 10.8. The van der Waals surface area contributed by atoms with Crippen LogP contribution in [-0.2, 0) is 12.1 Å². The minimum Gasteiger partial charge on any atom is -0.221 e. The number of hydrogen-bond acceptors (Lipinski definition) is 2. The van der Waals surface area contributed by atoms with Crippen molar-refractivity contribution in [1.29, 1.82) is 0 Å². The molecule has 102 valence electrons. The lowest BCUT2D eigenvalue weighted by Crippen LogP contribution is -2.12. The number of benzene rings is 2. The average molecular weight is 285 g/mol. The molecular weight excluding hydrogens is 268 g/mol. The minimum absolute atomic E-state index is 0.315. The third-order valence-electron chi connectivity index (χ3n) is 3.06. The maximum absolute atomic E-state index is 5.84. The van der Waals surface area contributed by atoms with Crippen molar-refractivity contribution in [3.8, 4) is 0 Å². The first-order valence-electron chi connectivity index (χ1n) is 6.51. The van der Waals surface area contributed by atoms with E-state index < -0.39 is 0 Å². The predicted octanol–water partition coefficient (Wildman–Crippen LogP) is 4.95. The Bertz CT molecular complexity index is 609. The van der Waals surface area contributed by atoms with E-state index in [0.717, 1.165) is 16.1 Å². The monoisotopic (exact) mass is 284 g/mol. The summed E-state index contributed by atoms with van der Waals surface area (Å²) in [4.78, 5) is 8.64. The topological polar surface area (TPSA) is 24.7 Å². The summed E-state index contributed by atoms with van der Waals surface area (Å²) in [5.74, 6) is 0. The molecule has 0 spiro atoms. The molecule has 2 nitrogen and oxygen atoms in total. The molecule has 0 atom stereocenters. The van der Waals surface area contributed by atoms with Gasteiger partial charge in [-0.15, -0.1) is 0 Å². The molecule has 0 N–H and O–H groups in total. The standard InChI is InChI=1S/C17H17ClN2/c1-17(2,15-6-4-3-5-7-15)20-13-19-12-14-8-10-16(18)11-9-14/h3-11H,12H2,1-2H3. The highest BCUT2D eigenvalue weighted by Crippen LogP contribution is 2.23. The van der Waals surface area contributed by atoms with Gasteiger partial charge in [0.05, 0.1) is 18.1 Å². The van der Waals surface area contributed by atoms with Gasteiger partial charge in [-0.3, -0.25) is 0 Å². The molecule has 0 aliphatic carbocycles. The molecule has 0 bridgehead atoms. The SMILES string of the molecule is CC(C)(N=C=NCc1ccc(Cl)cc1)c1ccccc1. The summed E-state index contributed by atoms with van der Waals surface area (Å²) in [5, 5.41) is 0.733. The summed E-state index contributed by atoms with van der Waals surface area (Å²) in [7, 11) is 0. The van der Waals surface area contributed by atoms with E-state index in [-0.39, 0.29) is 5.54 Å². The Morgan fingerprint density at radius 2 is 1.65 bits per heavy atom. The smallest absolute Gasteiger partial charge is 0.0910 e. The molecule has 20 heavy (non-hydrogen) atoms. The lowest BCUT2D eigenvalue weighted by molar-refractivity contribution is 0.561. The Balaban J connectivity index is 2.05. The molecule has 2 aromatic rings. The Hall–Kier alpha value is -1.89. The fourth-order valence-corrected chi connectivity index (χ4v) is 1.91. The van der Waals surface area contributed by atoms with E-state index in [2.05, 4.69) is 28.1 Å². The third kappa shape index (κ3) is 4.06. The van der Waals surface area contributed by atoms with E-state index >= 15 is 0 Å². The van der Waals surface area contributed by atoms with Crippen molar-refractivity contribution in [2.45, 2.75) is 25.9 Å². The van der Waals surface area contributed by atoms with Crippen molar-refractivity contribution in [2.75, 3.05) is 0 Å². The van der Waals surface area contributed by atoms with E-state index in [9.17, 15) is 0 Å². The van der Waals surface area contributed by atoms with Crippen LogP contribution in [0.3, 0.4) is 0 Å². The van der Waals surface area contributed by atoms with E-state index in [1.165, 1.54) is 0 Å². The lowest BCUT2D eigenvalue weighted by atomic mass is 9.95. The zero-order valence-electron chi connectivity index (χ0n) is 11.7. The Morgan fingerprint density at radius 1 is 1.00 bits per heavy atom. The number of halogens is 1. The van der Waals surface area contributed by atoms with Crippen LogP contribution < -0.4 is 0 Å². The van der Waals surface area contributed by atoms with Gasteiger partial charge in [-0.1, -0.05) is 54.1 Å². The second-order valence-electron chi connectivity index (χ2n) is 5.08. The van der Waals surface area contributed by atoms with Gasteiger partial charge in [-0.25, -0.2) is 9.98 Å². The summed E-state index contributed by atoms with van der Waals surface area (Å²) < 4.78 is 0. The van der Waals surface area contributed by atoms with E-state index in [1.807, 2.05) is 56.3 Å². The number of nitrogens with zero attached hydrogens (tertiary/aromatic N) is 2. The highest BCUT2D eigenvalue weighted by Gasteiger charge is 2.17. The molecule has 0 radical (unpaired) electrons. The first-order chi connectivity index (χ1) is 9.58. The molecule has 0 aliphatic heterocycles. The maximum atomic E-state index is 5.84. The van der Waals surface area contributed by atoms with Crippen molar-refractivity contribution in [1.82, 2.24) is 0 Å². The summed E-state index contributed by atoms with van der Waals surface area (Å²) in [6.45, 7) is 4.66. The van der Waals surface area contributed by atoms with Crippen LogP contribution >= 0.6 is 11.6 Å². The molecule has 0 fully saturated rings. The van der Waals surface area contributed by atoms with Gasteiger partial charge in [0.2, 0.25) is 0 Å². The molecule has 2 rings (SSSR count). The van der Waals surface area contributed by atoms with Crippen LogP contribution in [0.5, 0.6) is 0 Å². The van der Waals surface area contributed by atoms with E-state index in [4.69, 9.17) is 11.6 Å². The average Bonchev–Trinajstić information content (AvgIpc) is 2.46. The van der Waals surface area contributed by atoms with Crippen molar-refractivity contribution in [2.24, 2.45) is 9.98 Å². The van der Waals surface area contributed by atoms with Gasteiger partial charge >= 0.3 is 0 Å². The highest BCUT2D eigenvalue weighted by atomic mass is 35.5. The molecule has 2 aromatic carbocycles. The highest BCUT2D eigenvalue weighted by molar-refractivity contribution is 6.30. The van der Waals surface area contributed by atoms with Crippen molar-refractivity contribution in [3.05, 3.63) is 70.7 Å². The molecule has 0 unspecified atom stereocenters. The summed E-state index contributed by atoms with van der Waals surface area (Å²) in [6.07, 6.45) is 0. The van der Waals surface area contributed by atoms with Gasteiger partial charge in [0.15, 0.2) is 0 Å². The van der Waals surface area contributed by atoms with E-state index in [0.29, 0.717) is 6.54 Å². The molecule has 0 saturated heterocycles. The molecule has 0 heterocycles. The van der Waals surface area contributed by atoms with Crippen LogP contribution in [-0.4, -0.2) is 6.01 Å². The van der Waals surface area contributed by atoms with Crippen LogP contribution in [0, 0.1) is 0 Å². The summed E-state index contributed by atoms with van der Waals surface area (Å²) >= 11 is 5.84. The van der Waals surface area contributed by atoms with Crippen LogP contribution in [0.25, 0.3) is 0 Å². The van der Waals surface area contributed by atoms with Gasteiger partial charge in [0.1, 0.15) is 0 Å². The molecule has 0 amide bonds. The van der Waals surface area contributed by atoms with Crippen LogP contribution in [0.4, 0.5) is 0 Å². The zero-order valence-corrected chi connectivity index (χ0v) is 12.4. The molecule has 3 heteroatoms. The van der Waals surface area contributed by atoms with Crippen LogP contribution in [0.15, 0.2) is 64.6 Å². The van der Waals surface area contributed by atoms with Crippen molar-refractivity contribution >= 4 is 17.6 Å². The van der Waals surface area contributed by atoms with Crippen molar-refractivity contribution in [3.63, 3.8) is 0 Å². The largest absolute Gasteiger partial charge is 0.221 e. The summed E-state index contributed by atoms with van der Waals surface area (Å²) in [5.41, 5.74) is 1.92. The Morgan fingerprint density at radius 3 is 2.30 bits per heavy atom. The summed E-state index contributed by atoms with van der Waals surface area (Å²) in [6, 6.07) is 20.6. The van der Waals surface area contributed by atoms with Gasteiger partial charge in [0.25, 0.3) is 0 Å². The van der Waals surface area contributed by atoms with Gasteiger partial charge < -0.3 is 0 Å². The van der Waals surface area contributed by atoms with Gasteiger partial charge in [0, 0.05) is 5.02 Å². The Kier molecular flexibility index (Phi) is 4.73. The maximum Gasteiger partial charge on any atom is 0.0910 e. The first kappa shape index (κ1) is 14.5. The minimum atomic E-state index is -0.315. The number of aliphatic imine (C=N–C) groups is 2. The number of rotatable bonds is 4. The van der Waals surface area contributed by atoms with Crippen molar-refractivity contribution < 1.29 is 0 Å². The lowest BCUT2D eigenvalue weighted by Gasteiger charge is -2.17. The molecular formula is C17H17ClN2. The molecule has 0 aliphatic rings. The fourth-order valence-electron chi connectivity index (χ4n) is 1.79. The zero-order chi connectivity index (χ0) is 14.4. The Labute approximate surface area is 124 Å². The fraction of sp³-hybridized carbons (Fsp3) is 0.235. The van der Waals surface area contributed by atoms with E-state index in [1.54, 1.807) is 0 Å². The first-order valence-corrected chi connectivity index (χ1v) is 6.89. The quantitative estimate of drug-likeness (QED) is 0.710. The second-order valence-corrected chi connectivity index (χ2v) is 5.52. The predicted molar refractivity (Wildman–Crippen MR) is 84.5 cm³/mol. The second kappa shape index (κ2) is 6.51. The molecule has 0 aromatic heterocycles. The van der Waals surface area contributed by atoms with Gasteiger partial charge in [-0.05, 0) is 37.1 Å². The van der Waals surface area contributed by atoms with Crippen LogP contribution in [0.1, 0.15) is 25.0 Å². The van der Waals surface area contributed by atoms with Crippen LogP contribution in [0.2, 0.25) is 5.02 Å².